The zero-order chi connectivity index (χ0) is 11.3. The molecule has 0 saturated carbocycles. The molecule has 1 heterocycles. The van der Waals surface area contributed by atoms with Gasteiger partial charge >= 0.3 is 5.97 Å². The zero-order valence-corrected chi connectivity index (χ0v) is 10.4. The van der Waals surface area contributed by atoms with Gasteiger partial charge in [-0.3, -0.25) is 9.00 Å². The molecule has 1 aromatic rings. The van der Waals surface area contributed by atoms with Gasteiger partial charge in [-0.15, -0.1) is 11.3 Å². The molecular formula is C10H14O3S2. The third-order valence-electron chi connectivity index (χ3n) is 1.82. The quantitative estimate of drug-likeness (QED) is 0.748. The van der Waals surface area contributed by atoms with E-state index in [1.807, 2.05) is 17.5 Å². The van der Waals surface area contributed by atoms with Crippen LogP contribution >= 0.6 is 11.3 Å². The highest BCUT2D eigenvalue weighted by Gasteiger charge is 2.18. The van der Waals surface area contributed by atoms with Crippen LogP contribution in [0, 0.1) is 0 Å². The first-order chi connectivity index (χ1) is 7.15. The predicted molar refractivity (Wildman–Crippen MR) is 61.4 cm³/mol. The molecule has 0 aliphatic carbocycles. The maximum Gasteiger partial charge on any atom is 0.306 e. The van der Waals surface area contributed by atoms with Gasteiger partial charge in [0.15, 0.2) is 0 Å². The van der Waals surface area contributed by atoms with E-state index in [1.165, 1.54) is 11.3 Å². The fourth-order valence-corrected chi connectivity index (χ4v) is 3.49. The van der Waals surface area contributed by atoms with Gasteiger partial charge in [0.2, 0.25) is 0 Å². The molecule has 3 nitrogen and oxygen atoms in total. The van der Waals surface area contributed by atoms with Crippen molar-refractivity contribution in [3.8, 4) is 0 Å². The minimum absolute atomic E-state index is 0.192. The molecule has 0 amide bonds. The van der Waals surface area contributed by atoms with Gasteiger partial charge in [-0.25, -0.2) is 0 Å². The van der Waals surface area contributed by atoms with Gasteiger partial charge in [0.05, 0.1) is 28.0 Å². The second-order valence-electron chi connectivity index (χ2n) is 3.05. The Morgan fingerprint density at radius 3 is 2.93 bits per heavy atom. The number of thiophene rings is 1. The summed E-state index contributed by atoms with van der Waals surface area (Å²) in [6.07, 6.45) is 0.207. The van der Waals surface area contributed by atoms with Crippen molar-refractivity contribution in [2.45, 2.75) is 29.7 Å². The average Bonchev–Trinajstić information content (AvgIpc) is 2.69. The SMILES string of the molecule is CCOC(=O)CC(C)S(=O)c1cccs1. The molecule has 0 aliphatic heterocycles. The van der Waals surface area contributed by atoms with Gasteiger partial charge in [-0.2, -0.15) is 0 Å². The summed E-state index contributed by atoms with van der Waals surface area (Å²) < 4.78 is 17.5. The lowest BCUT2D eigenvalue weighted by Gasteiger charge is -2.08. The van der Waals surface area contributed by atoms with Crippen molar-refractivity contribution < 1.29 is 13.7 Å². The molecule has 2 unspecified atom stereocenters. The van der Waals surface area contributed by atoms with Crippen LogP contribution in [-0.4, -0.2) is 22.0 Å². The number of carbonyl (C=O) groups excluding carboxylic acids is 1. The molecule has 0 aliphatic rings. The Morgan fingerprint density at radius 2 is 2.40 bits per heavy atom. The molecule has 0 N–H and O–H groups in total. The van der Waals surface area contributed by atoms with E-state index in [-0.39, 0.29) is 17.6 Å². The first kappa shape index (κ1) is 12.4. The van der Waals surface area contributed by atoms with Gasteiger partial charge in [-0.05, 0) is 25.3 Å². The Kier molecular flexibility index (Phi) is 4.98. The third kappa shape index (κ3) is 3.76. The van der Waals surface area contributed by atoms with E-state index in [0.29, 0.717) is 6.61 Å². The molecule has 0 bridgehead atoms. The number of ether oxygens (including phenoxy) is 1. The Morgan fingerprint density at radius 1 is 1.67 bits per heavy atom. The third-order valence-corrected chi connectivity index (χ3v) is 4.69. The van der Waals surface area contributed by atoms with Crippen LogP contribution < -0.4 is 0 Å². The van der Waals surface area contributed by atoms with E-state index in [0.717, 1.165) is 4.21 Å². The highest BCUT2D eigenvalue weighted by Crippen LogP contribution is 2.19. The van der Waals surface area contributed by atoms with E-state index in [4.69, 9.17) is 4.74 Å². The molecule has 2 atom stereocenters. The second kappa shape index (κ2) is 6.02. The maximum absolute atomic E-state index is 11.9. The lowest BCUT2D eigenvalue weighted by Crippen LogP contribution is -2.17. The van der Waals surface area contributed by atoms with Crippen molar-refractivity contribution in [1.82, 2.24) is 0 Å². The summed E-state index contributed by atoms with van der Waals surface area (Å²) in [4.78, 5) is 11.2. The fraction of sp³-hybridized carbons (Fsp3) is 0.500. The van der Waals surface area contributed by atoms with Gasteiger partial charge in [0, 0.05) is 5.25 Å². The Labute approximate surface area is 95.9 Å². The van der Waals surface area contributed by atoms with Crippen molar-refractivity contribution in [3.63, 3.8) is 0 Å². The van der Waals surface area contributed by atoms with E-state index < -0.39 is 10.8 Å². The van der Waals surface area contributed by atoms with Crippen molar-refractivity contribution in [2.24, 2.45) is 0 Å². The molecule has 0 fully saturated rings. The summed E-state index contributed by atoms with van der Waals surface area (Å²) >= 11 is 1.45. The molecule has 0 radical (unpaired) electrons. The summed E-state index contributed by atoms with van der Waals surface area (Å²) in [6.45, 7) is 3.93. The van der Waals surface area contributed by atoms with Gasteiger partial charge < -0.3 is 4.74 Å². The van der Waals surface area contributed by atoms with Crippen molar-refractivity contribution in [1.29, 1.82) is 0 Å². The fourth-order valence-electron chi connectivity index (χ4n) is 1.11. The van der Waals surface area contributed by atoms with Gasteiger partial charge in [-0.1, -0.05) is 6.07 Å². The Hall–Kier alpha value is -0.680. The summed E-state index contributed by atoms with van der Waals surface area (Å²) in [5.41, 5.74) is 0. The lowest BCUT2D eigenvalue weighted by molar-refractivity contribution is -0.143. The Bertz CT molecular complexity index is 332. The first-order valence-corrected chi connectivity index (χ1v) is 6.84. The molecule has 84 valence electrons. The molecule has 15 heavy (non-hydrogen) atoms. The maximum atomic E-state index is 11.9. The molecule has 0 aromatic carbocycles. The number of rotatable bonds is 5. The van der Waals surface area contributed by atoms with Gasteiger partial charge in [0.25, 0.3) is 0 Å². The summed E-state index contributed by atoms with van der Waals surface area (Å²) in [7, 11) is -1.10. The number of hydrogen-bond donors (Lipinski definition) is 0. The monoisotopic (exact) mass is 246 g/mol. The normalized spacial score (nSPS) is 14.5. The van der Waals surface area contributed by atoms with Crippen LogP contribution in [-0.2, 0) is 20.3 Å². The standard InChI is InChI=1S/C10H14O3S2/c1-3-13-9(11)7-8(2)15(12)10-5-4-6-14-10/h4-6,8H,3,7H2,1-2H3. The largest absolute Gasteiger partial charge is 0.466 e. The van der Waals surface area contributed by atoms with E-state index >= 15 is 0 Å². The molecule has 0 saturated heterocycles. The zero-order valence-electron chi connectivity index (χ0n) is 8.76. The van der Waals surface area contributed by atoms with Crippen LogP contribution in [0.25, 0.3) is 0 Å². The molecule has 5 heteroatoms. The van der Waals surface area contributed by atoms with Crippen LogP contribution in [0.2, 0.25) is 0 Å². The van der Waals surface area contributed by atoms with Crippen LogP contribution in [0.3, 0.4) is 0 Å². The number of esters is 1. The van der Waals surface area contributed by atoms with Crippen LogP contribution in [0.4, 0.5) is 0 Å². The molecular weight excluding hydrogens is 232 g/mol. The summed E-state index contributed by atoms with van der Waals surface area (Å²) in [6, 6.07) is 3.68. The summed E-state index contributed by atoms with van der Waals surface area (Å²) in [5, 5.41) is 1.69. The molecule has 1 aromatic heterocycles. The number of carbonyl (C=O) groups is 1. The highest BCUT2D eigenvalue weighted by atomic mass is 32.2. The second-order valence-corrected chi connectivity index (χ2v) is 6.09. The Balaban J connectivity index is 2.51. The smallest absolute Gasteiger partial charge is 0.306 e. The van der Waals surface area contributed by atoms with Crippen LogP contribution in [0.1, 0.15) is 20.3 Å². The van der Waals surface area contributed by atoms with E-state index in [2.05, 4.69) is 0 Å². The van der Waals surface area contributed by atoms with Crippen LogP contribution in [0.5, 0.6) is 0 Å². The minimum atomic E-state index is -1.10. The lowest BCUT2D eigenvalue weighted by atomic mass is 10.3. The van der Waals surface area contributed by atoms with Crippen molar-refractivity contribution in [3.05, 3.63) is 17.5 Å². The van der Waals surface area contributed by atoms with Crippen molar-refractivity contribution in [2.75, 3.05) is 6.61 Å². The highest BCUT2D eigenvalue weighted by molar-refractivity contribution is 7.87. The van der Waals surface area contributed by atoms with E-state index in [1.54, 1.807) is 13.8 Å². The topological polar surface area (TPSA) is 43.4 Å². The molecule has 1 rings (SSSR count). The van der Waals surface area contributed by atoms with E-state index in [9.17, 15) is 9.00 Å². The van der Waals surface area contributed by atoms with Gasteiger partial charge in [0.1, 0.15) is 0 Å². The minimum Gasteiger partial charge on any atom is -0.466 e. The summed E-state index contributed by atoms with van der Waals surface area (Å²) in [5.74, 6) is -0.282. The van der Waals surface area contributed by atoms with Crippen LogP contribution in [0.15, 0.2) is 21.7 Å². The predicted octanol–water partition coefficient (Wildman–Crippen LogP) is 2.20. The average molecular weight is 246 g/mol. The molecule has 0 spiro atoms. The first-order valence-electron chi connectivity index (χ1n) is 4.74. The number of hydrogen-bond acceptors (Lipinski definition) is 4. The van der Waals surface area contributed by atoms with Crippen molar-refractivity contribution >= 4 is 28.1 Å².